The summed E-state index contributed by atoms with van der Waals surface area (Å²) < 4.78 is 0. The molecule has 1 spiro atoms. The summed E-state index contributed by atoms with van der Waals surface area (Å²) in [4.78, 5) is 34.7. The highest BCUT2D eigenvalue weighted by Crippen LogP contribution is 2.44. The van der Waals surface area contributed by atoms with E-state index in [1.165, 1.54) is 0 Å². The largest absolute Gasteiger partial charge is 0.339 e. The fourth-order valence-electron chi connectivity index (χ4n) is 4.78. The molecule has 2 aliphatic rings. The number of hydrogen-bond donors (Lipinski definition) is 2. The second-order valence-corrected chi connectivity index (χ2v) is 8.10. The Morgan fingerprint density at radius 2 is 1.86 bits per heavy atom. The molecular formula is C22H23N5O2. The van der Waals surface area contributed by atoms with E-state index in [9.17, 15) is 9.59 Å². The number of rotatable bonds is 2. The van der Waals surface area contributed by atoms with Gasteiger partial charge in [-0.15, -0.1) is 0 Å². The van der Waals surface area contributed by atoms with Crippen LogP contribution in [0.25, 0.3) is 11.3 Å². The van der Waals surface area contributed by atoms with Crippen LogP contribution in [0.3, 0.4) is 0 Å². The van der Waals surface area contributed by atoms with Gasteiger partial charge in [-0.3, -0.25) is 14.7 Å². The predicted molar refractivity (Wildman–Crippen MR) is 109 cm³/mol. The van der Waals surface area contributed by atoms with Crippen LogP contribution in [0.15, 0.2) is 41.3 Å². The molecule has 2 N–H and O–H groups in total. The highest BCUT2D eigenvalue weighted by molar-refractivity contribution is 5.94. The monoisotopic (exact) mass is 389 g/mol. The van der Waals surface area contributed by atoms with Gasteiger partial charge in [0.15, 0.2) is 0 Å². The Bertz CT molecular complexity index is 1110. The molecule has 1 saturated heterocycles. The number of amides is 1. The fraction of sp³-hybridized carbons (Fsp3) is 0.364. The minimum absolute atomic E-state index is 0.000220. The number of piperidine rings is 1. The smallest absolute Gasteiger partial charge is 0.254 e. The molecule has 3 aromatic rings. The van der Waals surface area contributed by atoms with Gasteiger partial charge in [0.25, 0.3) is 11.5 Å². The molecule has 148 valence electrons. The molecule has 0 unspecified atom stereocenters. The summed E-state index contributed by atoms with van der Waals surface area (Å²) in [5.41, 5.74) is 4.38. The van der Waals surface area contributed by atoms with Crippen molar-refractivity contribution in [2.24, 2.45) is 0 Å². The molecule has 3 heterocycles. The van der Waals surface area contributed by atoms with Crippen molar-refractivity contribution >= 4 is 5.91 Å². The van der Waals surface area contributed by atoms with Crippen molar-refractivity contribution in [2.75, 3.05) is 13.1 Å². The Hall–Kier alpha value is -3.22. The molecule has 7 nitrogen and oxygen atoms in total. The number of carbonyl (C=O) groups is 1. The van der Waals surface area contributed by atoms with Crippen molar-refractivity contribution in [3.8, 4) is 11.3 Å². The van der Waals surface area contributed by atoms with Crippen molar-refractivity contribution in [1.29, 1.82) is 0 Å². The number of aromatic nitrogens is 4. The second-order valence-electron chi connectivity index (χ2n) is 8.10. The number of benzene rings is 1. The van der Waals surface area contributed by atoms with Crippen molar-refractivity contribution < 1.29 is 4.79 Å². The lowest BCUT2D eigenvalue weighted by molar-refractivity contribution is 0.0663. The second kappa shape index (κ2) is 6.69. The van der Waals surface area contributed by atoms with E-state index in [1.54, 1.807) is 6.20 Å². The van der Waals surface area contributed by atoms with Gasteiger partial charge in [-0.05, 0) is 56.4 Å². The molecule has 0 bridgehead atoms. The zero-order valence-corrected chi connectivity index (χ0v) is 16.4. The lowest BCUT2D eigenvalue weighted by Crippen LogP contribution is -2.44. The van der Waals surface area contributed by atoms with Gasteiger partial charge in [0.05, 0.1) is 11.4 Å². The predicted octanol–water partition coefficient (Wildman–Crippen LogP) is 2.59. The Labute approximate surface area is 168 Å². The van der Waals surface area contributed by atoms with Crippen molar-refractivity contribution in [3.63, 3.8) is 0 Å². The standard InChI is InChI=1S/C22H23N5O2/c1-14-24-19-17(20(28)25-14)6-8-22(19)9-12-27(13-10-22)21(29)16-4-2-15(3-5-16)18-7-11-23-26-18/h2-5,7,11H,6,8-10,12-13H2,1H3,(H,23,26)(H,24,25,28). The van der Waals surface area contributed by atoms with E-state index in [0.717, 1.165) is 48.2 Å². The van der Waals surface area contributed by atoms with Gasteiger partial charge in [0.1, 0.15) is 5.82 Å². The molecule has 2 aromatic heterocycles. The lowest BCUT2D eigenvalue weighted by Gasteiger charge is -2.39. The van der Waals surface area contributed by atoms with Gasteiger partial charge in [0, 0.05) is 35.8 Å². The number of aryl methyl sites for hydroxylation is 1. The van der Waals surface area contributed by atoms with Crippen LogP contribution in [0, 0.1) is 6.92 Å². The number of nitrogens with zero attached hydrogens (tertiary/aromatic N) is 3. The maximum absolute atomic E-state index is 13.0. The summed E-state index contributed by atoms with van der Waals surface area (Å²) >= 11 is 0. The minimum atomic E-state index is -0.0599. The molecule has 1 aliphatic carbocycles. The molecular weight excluding hydrogens is 366 g/mol. The van der Waals surface area contributed by atoms with E-state index in [1.807, 2.05) is 42.2 Å². The van der Waals surface area contributed by atoms with Gasteiger partial charge in [0.2, 0.25) is 0 Å². The lowest BCUT2D eigenvalue weighted by atomic mass is 9.76. The SMILES string of the molecule is Cc1nc2c(c(=O)[nH]1)CCC21CCN(C(=O)c2ccc(-c3ccn[nH]3)cc2)CC1. The van der Waals surface area contributed by atoms with Crippen LogP contribution in [0.1, 0.15) is 46.7 Å². The van der Waals surface area contributed by atoms with E-state index in [0.29, 0.717) is 24.5 Å². The van der Waals surface area contributed by atoms with Crippen LogP contribution in [-0.2, 0) is 11.8 Å². The first-order valence-corrected chi connectivity index (χ1v) is 10.1. The molecule has 1 amide bonds. The minimum Gasteiger partial charge on any atom is -0.339 e. The highest BCUT2D eigenvalue weighted by Gasteiger charge is 2.44. The molecule has 1 fully saturated rings. The number of nitrogens with one attached hydrogen (secondary N) is 2. The number of fused-ring (bicyclic) bond motifs is 2. The topological polar surface area (TPSA) is 94.7 Å². The van der Waals surface area contributed by atoms with E-state index in [2.05, 4.69) is 20.2 Å². The third-order valence-corrected chi connectivity index (χ3v) is 6.44. The van der Waals surface area contributed by atoms with E-state index < -0.39 is 0 Å². The molecule has 5 rings (SSSR count). The van der Waals surface area contributed by atoms with Crippen LogP contribution < -0.4 is 5.56 Å². The van der Waals surface area contributed by atoms with E-state index in [4.69, 9.17) is 0 Å². The van der Waals surface area contributed by atoms with Gasteiger partial charge < -0.3 is 9.88 Å². The average molecular weight is 389 g/mol. The first-order valence-electron chi connectivity index (χ1n) is 10.1. The maximum atomic E-state index is 13.0. The third kappa shape index (κ3) is 2.97. The first kappa shape index (κ1) is 17.8. The van der Waals surface area contributed by atoms with Crippen LogP contribution in [-0.4, -0.2) is 44.1 Å². The Kier molecular flexibility index (Phi) is 4.12. The zero-order valence-electron chi connectivity index (χ0n) is 16.4. The van der Waals surface area contributed by atoms with E-state index in [-0.39, 0.29) is 16.9 Å². The van der Waals surface area contributed by atoms with Crippen LogP contribution >= 0.6 is 0 Å². The van der Waals surface area contributed by atoms with E-state index >= 15 is 0 Å². The van der Waals surface area contributed by atoms with Crippen LogP contribution in [0.5, 0.6) is 0 Å². The Balaban J connectivity index is 1.32. The number of likely N-dealkylation sites (tertiary alicyclic amines) is 1. The van der Waals surface area contributed by atoms with Crippen molar-refractivity contribution in [3.05, 3.63) is 69.5 Å². The molecule has 29 heavy (non-hydrogen) atoms. The van der Waals surface area contributed by atoms with Gasteiger partial charge in [-0.25, -0.2) is 4.98 Å². The quantitative estimate of drug-likeness (QED) is 0.704. The molecule has 0 radical (unpaired) electrons. The summed E-state index contributed by atoms with van der Waals surface area (Å²) in [6.45, 7) is 3.21. The maximum Gasteiger partial charge on any atom is 0.254 e. The van der Waals surface area contributed by atoms with Gasteiger partial charge in [-0.1, -0.05) is 12.1 Å². The van der Waals surface area contributed by atoms with Gasteiger partial charge >= 0.3 is 0 Å². The number of aromatic amines is 2. The normalized spacial score (nSPS) is 17.5. The molecule has 1 aromatic carbocycles. The number of carbonyl (C=O) groups excluding carboxylic acids is 1. The van der Waals surface area contributed by atoms with Crippen molar-refractivity contribution in [1.82, 2.24) is 25.1 Å². The molecule has 7 heteroatoms. The van der Waals surface area contributed by atoms with Crippen LogP contribution in [0.2, 0.25) is 0 Å². The van der Waals surface area contributed by atoms with Crippen molar-refractivity contribution in [2.45, 2.75) is 38.0 Å². The summed E-state index contributed by atoms with van der Waals surface area (Å²) in [6.07, 6.45) is 5.15. The number of hydrogen-bond acceptors (Lipinski definition) is 4. The average Bonchev–Trinajstić information content (AvgIpc) is 3.38. The fourth-order valence-corrected chi connectivity index (χ4v) is 4.78. The van der Waals surface area contributed by atoms with Gasteiger partial charge in [-0.2, -0.15) is 5.10 Å². The Morgan fingerprint density at radius 3 is 2.55 bits per heavy atom. The highest BCUT2D eigenvalue weighted by atomic mass is 16.2. The summed E-state index contributed by atoms with van der Waals surface area (Å²) in [6, 6.07) is 9.54. The molecule has 0 saturated carbocycles. The summed E-state index contributed by atoms with van der Waals surface area (Å²) in [5, 5.41) is 6.90. The first-order chi connectivity index (χ1) is 14.1. The number of H-pyrrole nitrogens is 2. The molecule has 0 atom stereocenters. The summed E-state index contributed by atoms with van der Waals surface area (Å²) in [7, 11) is 0. The molecule has 1 aliphatic heterocycles. The third-order valence-electron chi connectivity index (χ3n) is 6.44. The van der Waals surface area contributed by atoms with Crippen LogP contribution in [0.4, 0.5) is 0 Å². The zero-order chi connectivity index (χ0) is 20.0. The Morgan fingerprint density at radius 1 is 1.10 bits per heavy atom. The summed E-state index contributed by atoms with van der Waals surface area (Å²) in [5.74, 6) is 0.732.